The number of carbonyl (C=O) groups is 1. The van der Waals surface area contributed by atoms with Crippen molar-refractivity contribution in [2.75, 3.05) is 5.32 Å². The van der Waals surface area contributed by atoms with Crippen LogP contribution in [0.3, 0.4) is 0 Å². The maximum Gasteiger partial charge on any atom is 0.227 e. The SMILES string of the molecule is Cc1ccc(C)c(CSc2nc3n(n2)[C@H](c2ccccc2)C2=C(CC(C)(C)CC2=O)N3)c1. The fourth-order valence-electron chi connectivity index (χ4n) is 4.69. The number of anilines is 1. The lowest BCUT2D eigenvalue weighted by atomic mass is 9.73. The van der Waals surface area contributed by atoms with Crippen LogP contribution < -0.4 is 5.32 Å². The van der Waals surface area contributed by atoms with Gasteiger partial charge in [-0.1, -0.05) is 79.7 Å². The fraction of sp³-hybridized carbons (Fsp3) is 0.346. The molecule has 3 aromatic rings. The Bertz CT molecular complexity index is 1230. The van der Waals surface area contributed by atoms with Crippen molar-refractivity contribution in [3.63, 3.8) is 0 Å². The zero-order chi connectivity index (χ0) is 22.5. The van der Waals surface area contributed by atoms with Gasteiger partial charge >= 0.3 is 0 Å². The lowest BCUT2D eigenvalue weighted by Crippen LogP contribution is -2.36. The number of rotatable bonds is 4. The van der Waals surface area contributed by atoms with Gasteiger partial charge in [-0.2, -0.15) is 4.98 Å². The molecule has 5 rings (SSSR count). The van der Waals surface area contributed by atoms with E-state index in [1.807, 2.05) is 22.9 Å². The zero-order valence-corrected chi connectivity index (χ0v) is 19.8. The summed E-state index contributed by atoms with van der Waals surface area (Å²) >= 11 is 1.63. The molecule has 32 heavy (non-hydrogen) atoms. The number of nitrogens with zero attached hydrogens (tertiary/aromatic N) is 3. The number of nitrogens with one attached hydrogen (secondary N) is 1. The second-order valence-electron chi connectivity index (χ2n) is 9.65. The number of hydrogen-bond donors (Lipinski definition) is 1. The van der Waals surface area contributed by atoms with E-state index in [0.29, 0.717) is 12.4 Å². The van der Waals surface area contributed by atoms with Gasteiger partial charge in [-0.05, 0) is 42.4 Å². The van der Waals surface area contributed by atoms with Crippen LogP contribution >= 0.6 is 11.8 Å². The van der Waals surface area contributed by atoms with Crippen molar-refractivity contribution in [2.24, 2.45) is 5.41 Å². The Kier molecular flexibility index (Phi) is 5.20. The third kappa shape index (κ3) is 3.88. The first-order valence-electron chi connectivity index (χ1n) is 11.0. The van der Waals surface area contributed by atoms with Crippen molar-refractivity contribution in [1.29, 1.82) is 0 Å². The summed E-state index contributed by atoms with van der Waals surface area (Å²) in [4.78, 5) is 18.1. The molecule has 6 heteroatoms. The minimum Gasteiger partial charge on any atom is -0.328 e. The van der Waals surface area contributed by atoms with E-state index in [9.17, 15) is 4.79 Å². The van der Waals surface area contributed by atoms with Gasteiger partial charge < -0.3 is 5.32 Å². The molecule has 2 aromatic carbocycles. The second-order valence-corrected chi connectivity index (χ2v) is 10.6. The van der Waals surface area contributed by atoms with Gasteiger partial charge in [0, 0.05) is 23.4 Å². The van der Waals surface area contributed by atoms with Crippen LogP contribution in [0.1, 0.15) is 55.0 Å². The molecule has 1 aliphatic heterocycles. The van der Waals surface area contributed by atoms with Gasteiger partial charge in [0.05, 0.1) is 0 Å². The average molecular weight is 445 g/mol. The molecular formula is C26H28N4OS. The summed E-state index contributed by atoms with van der Waals surface area (Å²) in [7, 11) is 0. The van der Waals surface area contributed by atoms with E-state index in [-0.39, 0.29) is 17.2 Å². The summed E-state index contributed by atoms with van der Waals surface area (Å²) in [5.74, 6) is 1.72. The number of carbonyl (C=O) groups excluding carboxylic acids is 1. The molecule has 1 aliphatic carbocycles. The van der Waals surface area contributed by atoms with Gasteiger partial charge in [-0.15, -0.1) is 5.10 Å². The van der Waals surface area contributed by atoms with E-state index >= 15 is 0 Å². The summed E-state index contributed by atoms with van der Waals surface area (Å²) < 4.78 is 1.90. The Labute approximate surface area is 193 Å². The molecular weight excluding hydrogens is 416 g/mol. The monoisotopic (exact) mass is 444 g/mol. The molecule has 0 fully saturated rings. The van der Waals surface area contributed by atoms with Gasteiger partial charge in [0.25, 0.3) is 0 Å². The van der Waals surface area contributed by atoms with Gasteiger partial charge in [0.2, 0.25) is 11.1 Å². The topological polar surface area (TPSA) is 59.8 Å². The first-order valence-corrected chi connectivity index (χ1v) is 12.0. The van der Waals surface area contributed by atoms with Crippen LogP contribution in [-0.4, -0.2) is 20.5 Å². The summed E-state index contributed by atoms with van der Waals surface area (Å²) in [5.41, 5.74) is 6.65. The molecule has 0 saturated heterocycles. The highest BCUT2D eigenvalue weighted by Gasteiger charge is 2.41. The number of Topliss-reactive ketones (excluding diaryl/α,β-unsaturated/α-hetero) is 1. The Morgan fingerprint density at radius 3 is 2.69 bits per heavy atom. The minimum atomic E-state index is -0.242. The maximum atomic E-state index is 13.3. The molecule has 2 heterocycles. The first kappa shape index (κ1) is 21.0. The van der Waals surface area contributed by atoms with Crippen LogP contribution in [0.4, 0.5) is 5.95 Å². The van der Waals surface area contributed by atoms with Crippen molar-refractivity contribution in [2.45, 2.75) is 57.5 Å². The number of allylic oxidation sites excluding steroid dienone is 2. The number of thioether (sulfide) groups is 1. The van der Waals surface area contributed by atoms with Crippen LogP contribution in [0.15, 0.2) is 65.0 Å². The molecule has 1 N–H and O–H groups in total. The second kappa shape index (κ2) is 7.93. The minimum absolute atomic E-state index is 0.0629. The highest BCUT2D eigenvalue weighted by molar-refractivity contribution is 7.98. The van der Waals surface area contributed by atoms with E-state index in [4.69, 9.17) is 10.1 Å². The Morgan fingerprint density at radius 2 is 1.91 bits per heavy atom. The van der Waals surface area contributed by atoms with Crippen LogP contribution in [0.5, 0.6) is 0 Å². The lowest BCUT2D eigenvalue weighted by Gasteiger charge is -2.38. The fourth-order valence-corrected chi connectivity index (χ4v) is 5.58. The number of ketones is 1. The van der Waals surface area contributed by atoms with Crippen LogP contribution in [0.25, 0.3) is 0 Å². The summed E-state index contributed by atoms with van der Waals surface area (Å²) in [6, 6.07) is 16.5. The molecule has 0 saturated carbocycles. The summed E-state index contributed by atoms with van der Waals surface area (Å²) in [5, 5.41) is 9.04. The van der Waals surface area contributed by atoms with E-state index in [2.05, 4.69) is 63.3 Å². The normalized spacial score (nSPS) is 19.4. The van der Waals surface area contributed by atoms with Crippen molar-refractivity contribution >= 4 is 23.5 Å². The smallest absolute Gasteiger partial charge is 0.227 e. The molecule has 2 aliphatic rings. The first-order chi connectivity index (χ1) is 15.3. The molecule has 0 radical (unpaired) electrons. The number of hydrogen-bond acceptors (Lipinski definition) is 5. The summed E-state index contributed by atoms with van der Waals surface area (Å²) in [6.07, 6.45) is 1.38. The van der Waals surface area contributed by atoms with E-state index in [0.717, 1.165) is 34.2 Å². The number of aryl methyl sites for hydroxylation is 2. The van der Waals surface area contributed by atoms with Crippen molar-refractivity contribution in [3.8, 4) is 0 Å². The summed E-state index contributed by atoms with van der Waals surface area (Å²) in [6.45, 7) is 8.56. The van der Waals surface area contributed by atoms with E-state index < -0.39 is 0 Å². The Balaban J connectivity index is 1.51. The van der Waals surface area contributed by atoms with Gasteiger partial charge in [0.15, 0.2) is 5.78 Å². The zero-order valence-electron chi connectivity index (χ0n) is 19.0. The predicted molar refractivity (Wildman–Crippen MR) is 129 cm³/mol. The molecule has 0 unspecified atom stereocenters. The van der Waals surface area contributed by atoms with Gasteiger partial charge in [-0.25, -0.2) is 4.68 Å². The van der Waals surface area contributed by atoms with E-state index in [1.54, 1.807) is 11.8 Å². The molecule has 0 bridgehead atoms. The quantitative estimate of drug-likeness (QED) is 0.512. The van der Waals surface area contributed by atoms with Gasteiger partial charge in [-0.3, -0.25) is 4.79 Å². The van der Waals surface area contributed by atoms with Crippen LogP contribution in [0.2, 0.25) is 0 Å². The predicted octanol–water partition coefficient (Wildman–Crippen LogP) is 5.85. The van der Waals surface area contributed by atoms with Crippen molar-refractivity contribution in [1.82, 2.24) is 14.8 Å². The molecule has 1 aromatic heterocycles. The third-order valence-electron chi connectivity index (χ3n) is 6.29. The van der Waals surface area contributed by atoms with Crippen LogP contribution in [0, 0.1) is 19.3 Å². The van der Waals surface area contributed by atoms with E-state index in [1.165, 1.54) is 16.7 Å². The molecule has 0 spiro atoms. The molecule has 164 valence electrons. The maximum absolute atomic E-state index is 13.3. The molecule has 0 amide bonds. The number of fused-ring (bicyclic) bond motifs is 1. The third-order valence-corrected chi connectivity index (χ3v) is 7.18. The van der Waals surface area contributed by atoms with Crippen LogP contribution in [-0.2, 0) is 10.5 Å². The molecule has 5 nitrogen and oxygen atoms in total. The lowest BCUT2D eigenvalue weighted by molar-refractivity contribution is -0.118. The number of aromatic nitrogens is 3. The number of benzene rings is 2. The Morgan fingerprint density at radius 1 is 1.12 bits per heavy atom. The largest absolute Gasteiger partial charge is 0.328 e. The average Bonchev–Trinajstić information content (AvgIpc) is 3.15. The van der Waals surface area contributed by atoms with Gasteiger partial charge in [0.1, 0.15) is 6.04 Å². The molecule has 1 atom stereocenters. The Hall–Kier alpha value is -2.86. The highest BCUT2D eigenvalue weighted by atomic mass is 32.2. The van der Waals surface area contributed by atoms with Crippen molar-refractivity contribution in [3.05, 3.63) is 82.1 Å². The highest BCUT2D eigenvalue weighted by Crippen LogP contribution is 2.45. The van der Waals surface area contributed by atoms with Crippen molar-refractivity contribution < 1.29 is 4.79 Å². The standard InChI is InChI=1S/C26H28N4OS/c1-16-10-11-17(2)19(12-16)15-32-25-28-24-27-20-13-26(3,4)14-21(31)22(20)23(30(24)29-25)18-8-6-5-7-9-18/h5-12,23H,13-15H2,1-4H3,(H,27,28,29)/t23-/m1/s1.